The first-order valence-electron chi connectivity index (χ1n) is 7.40. The number of likely N-dealkylation sites (N-methyl/N-ethyl adjacent to an activating group) is 1. The lowest BCUT2D eigenvalue weighted by molar-refractivity contribution is 0.229. The van der Waals surface area contributed by atoms with Crippen LogP contribution in [0.2, 0.25) is 0 Å². The molecule has 1 aromatic rings. The molecule has 1 fully saturated rings. The highest BCUT2D eigenvalue weighted by molar-refractivity contribution is 5.60. The number of nitrogens with zero attached hydrogens (tertiary/aromatic N) is 4. The standard InChI is InChI=1S/C16H24N4O/c1-18(2)5-6-19-7-9-20(10-8-19)16-4-3-14(13-21)11-15(16)12-17/h3-4,11,21H,5-10,13H2,1-2H3. The van der Waals surface area contributed by atoms with E-state index in [9.17, 15) is 5.26 Å². The summed E-state index contributed by atoms with van der Waals surface area (Å²) in [5, 5.41) is 18.5. The topological polar surface area (TPSA) is 53.7 Å². The van der Waals surface area contributed by atoms with Crippen LogP contribution in [0.15, 0.2) is 18.2 Å². The van der Waals surface area contributed by atoms with Gasteiger partial charge in [0.2, 0.25) is 0 Å². The molecule has 1 aliphatic heterocycles. The van der Waals surface area contributed by atoms with Gasteiger partial charge in [-0.15, -0.1) is 0 Å². The number of aliphatic hydroxyl groups excluding tert-OH is 1. The van der Waals surface area contributed by atoms with Crippen molar-refractivity contribution in [2.45, 2.75) is 6.61 Å². The van der Waals surface area contributed by atoms with Crippen LogP contribution in [-0.2, 0) is 6.61 Å². The van der Waals surface area contributed by atoms with E-state index in [1.54, 1.807) is 6.07 Å². The normalized spacial score (nSPS) is 16.2. The predicted octanol–water partition coefficient (Wildman–Crippen LogP) is 0.734. The van der Waals surface area contributed by atoms with E-state index in [0.717, 1.165) is 50.5 Å². The van der Waals surface area contributed by atoms with Gasteiger partial charge in [-0.3, -0.25) is 4.90 Å². The molecule has 0 bridgehead atoms. The van der Waals surface area contributed by atoms with E-state index in [1.807, 2.05) is 12.1 Å². The Morgan fingerprint density at radius 2 is 1.95 bits per heavy atom. The van der Waals surface area contributed by atoms with E-state index in [4.69, 9.17) is 5.11 Å². The summed E-state index contributed by atoms with van der Waals surface area (Å²) in [4.78, 5) is 6.93. The zero-order valence-corrected chi connectivity index (χ0v) is 12.9. The predicted molar refractivity (Wildman–Crippen MR) is 84.3 cm³/mol. The Kier molecular flexibility index (Phi) is 5.57. The molecule has 1 saturated heterocycles. The molecule has 1 N–H and O–H groups in total. The highest BCUT2D eigenvalue weighted by Gasteiger charge is 2.19. The Labute approximate surface area is 127 Å². The average Bonchev–Trinajstić information content (AvgIpc) is 2.52. The molecule has 21 heavy (non-hydrogen) atoms. The third kappa shape index (κ3) is 4.18. The van der Waals surface area contributed by atoms with Crippen molar-refractivity contribution in [3.63, 3.8) is 0 Å². The fourth-order valence-electron chi connectivity index (χ4n) is 2.60. The molecular weight excluding hydrogens is 264 g/mol. The molecule has 5 heteroatoms. The number of nitriles is 1. The Hall–Kier alpha value is -1.61. The van der Waals surface area contributed by atoms with Gasteiger partial charge in [-0.25, -0.2) is 0 Å². The molecule has 0 saturated carbocycles. The Bertz CT molecular complexity index is 501. The molecule has 114 valence electrons. The number of piperazine rings is 1. The van der Waals surface area contributed by atoms with Gasteiger partial charge in [0.25, 0.3) is 0 Å². The number of anilines is 1. The van der Waals surface area contributed by atoms with Crippen molar-refractivity contribution in [1.29, 1.82) is 5.26 Å². The van der Waals surface area contributed by atoms with Crippen molar-refractivity contribution in [3.8, 4) is 6.07 Å². The summed E-state index contributed by atoms with van der Waals surface area (Å²) < 4.78 is 0. The zero-order chi connectivity index (χ0) is 15.2. The van der Waals surface area contributed by atoms with Gasteiger partial charge in [0.05, 0.1) is 17.9 Å². The van der Waals surface area contributed by atoms with Crippen LogP contribution in [0, 0.1) is 11.3 Å². The van der Waals surface area contributed by atoms with E-state index in [2.05, 4.69) is 34.9 Å². The van der Waals surface area contributed by atoms with E-state index >= 15 is 0 Å². The van der Waals surface area contributed by atoms with Crippen LogP contribution in [0.3, 0.4) is 0 Å². The van der Waals surface area contributed by atoms with Crippen molar-refractivity contribution in [1.82, 2.24) is 9.80 Å². The molecule has 1 aliphatic rings. The maximum Gasteiger partial charge on any atom is 0.101 e. The summed E-state index contributed by atoms with van der Waals surface area (Å²) in [6, 6.07) is 7.89. The Morgan fingerprint density at radius 1 is 1.24 bits per heavy atom. The highest BCUT2D eigenvalue weighted by atomic mass is 16.3. The average molecular weight is 288 g/mol. The minimum atomic E-state index is -0.0206. The molecule has 0 spiro atoms. The highest BCUT2D eigenvalue weighted by Crippen LogP contribution is 2.23. The fraction of sp³-hybridized carbons (Fsp3) is 0.562. The molecule has 2 rings (SSSR count). The first-order valence-corrected chi connectivity index (χ1v) is 7.40. The summed E-state index contributed by atoms with van der Waals surface area (Å²) in [7, 11) is 4.19. The third-order valence-electron chi connectivity index (χ3n) is 3.94. The molecule has 0 unspecified atom stereocenters. The van der Waals surface area contributed by atoms with Crippen molar-refractivity contribution in [3.05, 3.63) is 29.3 Å². The van der Waals surface area contributed by atoms with Gasteiger partial charge < -0.3 is 14.9 Å². The maximum atomic E-state index is 9.29. The quantitative estimate of drug-likeness (QED) is 0.866. The number of aliphatic hydroxyl groups is 1. The summed E-state index contributed by atoms with van der Waals surface area (Å²) >= 11 is 0. The van der Waals surface area contributed by atoms with Crippen molar-refractivity contribution in [2.75, 3.05) is 58.3 Å². The maximum absolute atomic E-state index is 9.29. The minimum Gasteiger partial charge on any atom is -0.392 e. The molecular formula is C16H24N4O. The van der Waals surface area contributed by atoms with Gasteiger partial charge >= 0.3 is 0 Å². The van der Waals surface area contributed by atoms with Gasteiger partial charge in [-0.1, -0.05) is 6.07 Å². The third-order valence-corrected chi connectivity index (χ3v) is 3.94. The van der Waals surface area contributed by atoms with E-state index in [0.29, 0.717) is 5.56 Å². The first-order chi connectivity index (χ1) is 10.1. The fourth-order valence-corrected chi connectivity index (χ4v) is 2.60. The van der Waals surface area contributed by atoms with Gasteiger partial charge in [0.1, 0.15) is 6.07 Å². The summed E-state index contributed by atoms with van der Waals surface area (Å²) in [6.07, 6.45) is 0. The van der Waals surface area contributed by atoms with Crippen molar-refractivity contribution >= 4 is 5.69 Å². The van der Waals surface area contributed by atoms with Crippen LogP contribution in [-0.4, -0.2) is 68.3 Å². The Morgan fingerprint density at radius 3 is 2.52 bits per heavy atom. The number of benzene rings is 1. The lowest BCUT2D eigenvalue weighted by Crippen LogP contribution is -2.48. The molecule has 0 aromatic heterocycles. The molecule has 0 amide bonds. The molecule has 1 heterocycles. The number of rotatable bonds is 5. The monoisotopic (exact) mass is 288 g/mol. The van der Waals surface area contributed by atoms with Crippen LogP contribution in [0.5, 0.6) is 0 Å². The minimum absolute atomic E-state index is 0.0206. The largest absolute Gasteiger partial charge is 0.392 e. The number of hydrogen-bond donors (Lipinski definition) is 1. The van der Waals surface area contributed by atoms with Crippen LogP contribution in [0.1, 0.15) is 11.1 Å². The second-order valence-electron chi connectivity index (χ2n) is 5.75. The van der Waals surface area contributed by atoms with E-state index in [-0.39, 0.29) is 6.61 Å². The van der Waals surface area contributed by atoms with Crippen molar-refractivity contribution < 1.29 is 5.11 Å². The molecule has 0 radical (unpaired) electrons. The van der Waals surface area contributed by atoms with Crippen LogP contribution in [0.25, 0.3) is 0 Å². The molecule has 0 aliphatic carbocycles. The Balaban J connectivity index is 1.97. The van der Waals surface area contributed by atoms with Gasteiger partial charge in [0.15, 0.2) is 0 Å². The molecule has 0 atom stereocenters. The smallest absolute Gasteiger partial charge is 0.101 e. The lowest BCUT2D eigenvalue weighted by Gasteiger charge is -2.36. The van der Waals surface area contributed by atoms with Crippen LogP contribution < -0.4 is 4.90 Å². The van der Waals surface area contributed by atoms with Crippen LogP contribution >= 0.6 is 0 Å². The molecule has 5 nitrogen and oxygen atoms in total. The summed E-state index contributed by atoms with van der Waals surface area (Å²) in [5.74, 6) is 0. The lowest BCUT2D eigenvalue weighted by atomic mass is 10.1. The van der Waals surface area contributed by atoms with Gasteiger partial charge in [0, 0.05) is 39.3 Å². The van der Waals surface area contributed by atoms with Crippen molar-refractivity contribution in [2.24, 2.45) is 0 Å². The van der Waals surface area contributed by atoms with Gasteiger partial charge in [-0.2, -0.15) is 5.26 Å². The summed E-state index contributed by atoms with van der Waals surface area (Å²) in [6.45, 7) is 6.10. The number of hydrogen-bond acceptors (Lipinski definition) is 5. The second kappa shape index (κ2) is 7.41. The second-order valence-corrected chi connectivity index (χ2v) is 5.75. The van der Waals surface area contributed by atoms with Gasteiger partial charge in [-0.05, 0) is 31.8 Å². The van der Waals surface area contributed by atoms with Crippen LogP contribution in [0.4, 0.5) is 5.69 Å². The van der Waals surface area contributed by atoms with E-state index in [1.165, 1.54) is 0 Å². The molecule has 1 aromatic carbocycles. The zero-order valence-electron chi connectivity index (χ0n) is 12.9. The first kappa shape index (κ1) is 15.8. The SMILES string of the molecule is CN(C)CCN1CCN(c2ccc(CO)cc2C#N)CC1. The summed E-state index contributed by atoms with van der Waals surface area (Å²) in [5.41, 5.74) is 2.44. The van der Waals surface area contributed by atoms with E-state index < -0.39 is 0 Å².